The molecule has 0 radical (unpaired) electrons. The minimum atomic E-state index is 0.0899. The van der Waals surface area contributed by atoms with Gasteiger partial charge in [0.2, 0.25) is 0 Å². The first-order valence-electron chi connectivity index (χ1n) is 4.32. The highest BCUT2D eigenvalue weighted by molar-refractivity contribution is 5.43. The Balaban J connectivity index is 2.98. The van der Waals surface area contributed by atoms with E-state index in [1.165, 1.54) is 0 Å². The number of phenolic OH excluding ortho intramolecular Hbond substituents is 1. The lowest BCUT2D eigenvalue weighted by molar-refractivity contribution is 0.238. The molecule has 1 aromatic carbocycles. The van der Waals surface area contributed by atoms with Crippen LogP contribution < -0.4 is 10.5 Å². The van der Waals surface area contributed by atoms with Gasteiger partial charge in [-0.2, -0.15) is 0 Å². The summed E-state index contributed by atoms with van der Waals surface area (Å²) < 4.78 is 5.48. The quantitative estimate of drug-likeness (QED) is 0.745. The summed E-state index contributed by atoms with van der Waals surface area (Å²) in [5, 5.41) is 9.44. The molecule has 0 saturated heterocycles. The molecule has 3 nitrogen and oxygen atoms in total. The third kappa shape index (κ3) is 2.36. The molecular weight excluding hydrogens is 166 g/mol. The maximum Gasteiger partial charge on any atom is 0.127 e. The van der Waals surface area contributed by atoms with Crippen LogP contribution in [0.3, 0.4) is 0 Å². The van der Waals surface area contributed by atoms with Gasteiger partial charge in [0.1, 0.15) is 11.5 Å². The van der Waals surface area contributed by atoms with E-state index >= 15 is 0 Å². The molecule has 0 spiro atoms. The first-order chi connectivity index (χ1) is 6.15. The molecule has 72 valence electrons. The number of nitrogens with two attached hydrogens (primary N) is 1. The summed E-state index contributed by atoms with van der Waals surface area (Å²) in [7, 11) is 0. The van der Waals surface area contributed by atoms with E-state index in [4.69, 9.17) is 10.5 Å². The van der Waals surface area contributed by atoms with Gasteiger partial charge in [0, 0.05) is 12.1 Å². The fourth-order valence-electron chi connectivity index (χ4n) is 1.12. The molecule has 0 aliphatic carbocycles. The molecule has 0 aliphatic heterocycles. The highest BCUT2D eigenvalue weighted by atomic mass is 16.5. The molecule has 13 heavy (non-hydrogen) atoms. The van der Waals surface area contributed by atoms with Gasteiger partial charge < -0.3 is 15.6 Å². The molecule has 0 bridgehead atoms. The van der Waals surface area contributed by atoms with Crippen molar-refractivity contribution in [1.82, 2.24) is 0 Å². The van der Waals surface area contributed by atoms with E-state index in [0.717, 1.165) is 0 Å². The van der Waals surface area contributed by atoms with Crippen molar-refractivity contribution >= 4 is 0 Å². The Kier molecular flexibility index (Phi) is 3.14. The number of rotatable bonds is 3. The first-order valence-corrected chi connectivity index (χ1v) is 4.32. The zero-order valence-corrected chi connectivity index (χ0v) is 7.95. The summed E-state index contributed by atoms with van der Waals surface area (Å²) in [6, 6.07) is 5.16. The van der Waals surface area contributed by atoms with Gasteiger partial charge in [-0.3, -0.25) is 0 Å². The Morgan fingerprint density at radius 1 is 1.46 bits per heavy atom. The minimum absolute atomic E-state index is 0.0899. The van der Waals surface area contributed by atoms with E-state index in [0.29, 0.717) is 11.3 Å². The van der Waals surface area contributed by atoms with Crippen molar-refractivity contribution < 1.29 is 9.84 Å². The normalized spacial score (nSPS) is 10.5. The maximum atomic E-state index is 9.44. The Labute approximate surface area is 78.1 Å². The van der Waals surface area contributed by atoms with Gasteiger partial charge in [0.15, 0.2) is 0 Å². The van der Waals surface area contributed by atoms with Crippen LogP contribution >= 0.6 is 0 Å². The molecule has 0 amide bonds. The molecule has 0 unspecified atom stereocenters. The van der Waals surface area contributed by atoms with Crippen molar-refractivity contribution in [3.8, 4) is 11.5 Å². The van der Waals surface area contributed by atoms with Crippen molar-refractivity contribution in [3.63, 3.8) is 0 Å². The average molecular weight is 181 g/mol. The van der Waals surface area contributed by atoms with Gasteiger partial charge in [-0.15, -0.1) is 0 Å². The second-order valence-corrected chi connectivity index (χ2v) is 3.12. The summed E-state index contributed by atoms with van der Waals surface area (Å²) in [4.78, 5) is 0. The second kappa shape index (κ2) is 4.14. The highest BCUT2D eigenvalue weighted by Crippen LogP contribution is 2.27. The number of phenols is 1. The fourth-order valence-corrected chi connectivity index (χ4v) is 1.12. The first kappa shape index (κ1) is 9.86. The Morgan fingerprint density at radius 3 is 2.69 bits per heavy atom. The summed E-state index contributed by atoms with van der Waals surface area (Å²) in [6.45, 7) is 4.16. The molecule has 0 saturated carbocycles. The predicted molar refractivity (Wildman–Crippen MR) is 51.8 cm³/mol. The highest BCUT2D eigenvalue weighted by Gasteiger charge is 2.07. The molecule has 0 aliphatic rings. The molecule has 3 N–H and O–H groups in total. The van der Waals surface area contributed by atoms with Crippen LogP contribution in [0.1, 0.15) is 19.4 Å². The van der Waals surface area contributed by atoms with E-state index in [-0.39, 0.29) is 18.4 Å². The second-order valence-electron chi connectivity index (χ2n) is 3.12. The standard InChI is InChI=1S/C10H15NO2/c1-7(2)13-10-5-3-4-9(12)8(10)6-11/h3-5,7,12H,6,11H2,1-2H3. The van der Waals surface area contributed by atoms with Crippen LogP contribution in [0.25, 0.3) is 0 Å². The van der Waals surface area contributed by atoms with Crippen LogP contribution in [0.5, 0.6) is 11.5 Å². The van der Waals surface area contributed by atoms with Crippen molar-refractivity contribution in [3.05, 3.63) is 23.8 Å². The fraction of sp³-hybridized carbons (Fsp3) is 0.400. The topological polar surface area (TPSA) is 55.5 Å². The maximum absolute atomic E-state index is 9.44. The zero-order valence-electron chi connectivity index (χ0n) is 7.95. The van der Waals surface area contributed by atoms with Gasteiger partial charge in [0.25, 0.3) is 0 Å². The SMILES string of the molecule is CC(C)Oc1cccc(O)c1CN. The zero-order chi connectivity index (χ0) is 9.84. The number of aromatic hydroxyl groups is 1. The van der Waals surface area contributed by atoms with E-state index in [1.807, 2.05) is 19.9 Å². The van der Waals surface area contributed by atoms with Crippen molar-refractivity contribution in [1.29, 1.82) is 0 Å². The molecule has 3 heteroatoms. The predicted octanol–water partition coefficient (Wildman–Crippen LogP) is 1.64. The lowest BCUT2D eigenvalue weighted by atomic mass is 10.2. The Bertz CT molecular complexity index is 284. The van der Waals surface area contributed by atoms with E-state index in [2.05, 4.69) is 0 Å². The minimum Gasteiger partial charge on any atom is -0.507 e. The summed E-state index contributed by atoms with van der Waals surface area (Å²) in [6.07, 6.45) is 0.0899. The van der Waals surface area contributed by atoms with Crippen LogP contribution in [0.15, 0.2) is 18.2 Å². The van der Waals surface area contributed by atoms with Gasteiger partial charge >= 0.3 is 0 Å². The lowest BCUT2D eigenvalue weighted by Gasteiger charge is -2.13. The average Bonchev–Trinajstić information content (AvgIpc) is 2.03. The van der Waals surface area contributed by atoms with Crippen LogP contribution in [0.4, 0.5) is 0 Å². The van der Waals surface area contributed by atoms with Crippen molar-refractivity contribution in [2.45, 2.75) is 26.5 Å². The number of hydrogen-bond donors (Lipinski definition) is 2. The molecule has 0 atom stereocenters. The number of ether oxygens (including phenoxy) is 1. The third-order valence-electron chi connectivity index (χ3n) is 1.68. The Hall–Kier alpha value is -1.22. The third-order valence-corrected chi connectivity index (χ3v) is 1.68. The molecule has 0 heterocycles. The van der Waals surface area contributed by atoms with Crippen LogP contribution in [0, 0.1) is 0 Å². The van der Waals surface area contributed by atoms with Crippen LogP contribution in [-0.4, -0.2) is 11.2 Å². The van der Waals surface area contributed by atoms with Gasteiger partial charge in [-0.05, 0) is 26.0 Å². The molecule has 1 aromatic rings. The smallest absolute Gasteiger partial charge is 0.127 e. The summed E-state index contributed by atoms with van der Waals surface area (Å²) in [5.41, 5.74) is 6.15. The van der Waals surface area contributed by atoms with Crippen LogP contribution in [-0.2, 0) is 6.54 Å². The largest absolute Gasteiger partial charge is 0.507 e. The molecule has 0 aromatic heterocycles. The van der Waals surface area contributed by atoms with Gasteiger partial charge in [0.05, 0.1) is 6.10 Å². The van der Waals surface area contributed by atoms with E-state index in [1.54, 1.807) is 12.1 Å². The summed E-state index contributed by atoms with van der Waals surface area (Å²) >= 11 is 0. The molecule has 1 rings (SSSR count). The Morgan fingerprint density at radius 2 is 2.15 bits per heavy atom. The lowest BCUT2D eigenvalue weighted by Crippen LogP contribution is -2.09. The van der Waals surface area contributed by atoms with Gasteiger partial charge in [-0.1, -0.05) is 6.07 Å². The van der Waals surface area contributed by atoms with Gasteiger partial charge in [-0.25, -0.2) is 0 Å². The summed E-state index contributed by atoms with van der Waals surface area (Å²) in [5.74, 6) is 0.859. The molecule has 0 fully saturated rings. The van der Waals surface area contributed by atoms with E-state index in [9.17, 15) is 5.11 Å². The van der Waals surface area contributed by atoms with Crippen molar-refractivity contribution in [2.75, 3.05) is 0 Å². The monoisotopic (exact) mass is 181 g/mol. The van der Waals surface area contributed by atoms with E-state index < -0.39 is 0 Å². The van der Waals surface area contributed by atoms with Crippen LogP contribution in [0.2, 0.25) is 0 Å². The van der Waals surface area contributed by atoms with Crippen molar-refractivity contribution in [2.24, 2.45) is 5.73 Å². The molecular formula is C10H15NO2. The number of hydrogen-bond acceptors (Lipinski definition) is 3. The number of benzene rings is 1.